The van der Waals surface area contributed by atoms with Crippen LogP contribution < -0.4 is 15.4 Å². The van der Waals surface area contributed by atoms with E-state index in [1.807, 2.05) is 45.0 Å². The molecule has 4 heteroatoms. The van der Waals surface area contributed by atoms with E-state index in [1.165, 1.54) is 12.8 Å². The Kier molecular flexibility index (Phi) is 6.25. The molecule has 2 rings (SSSR count). The Morgan fingerprint density at radius 3 is 2.91 bits per heavy atom. The number of amides is 1. The lowest BCUT2D eigenvalue weighted by molar-refractivity contribution is -0.121. The highest BCUT2D eigenvalue weighted by molar-refractivity contribution is 5.76. The summed E-state index contributed by atoms with van der Waals surface area (Å²) in [5, 5.41) is 6.50. The summed E-state index contributed by atoms with van der Waals surface area (Å²) < 4.78 is 5.70. The summed E-state index contributed by atoms with van der Waals surface area (Å²) in [5.41, 5.74) is 1.07. The third-order valence-electron chi connectivity index (χ3n) is 3.99. The molecular formula is C18H28N2O2. The van der Waals surface area contributed by atoms with E-state index in [-0.39, 0.29) is 18.1 Å². The van der Waals surface area contributed by atoms with Crippen LogP contribution in [0.5, 0.6) is 5.75 Å². The first kappa shape index (κ1) is 16.8. The zero-order valence-corrected chi connectivity index (χ0v) is 13.9. The number of carbonyl (C=O) groups excluding carboxylic acids is 1. The van der Waals surface area contributed by atoms with Crippen LogP contribution in [-0.2, 0) is 4.79 Å². The van der Waals surface area contributed by atoms with Gasteiger partial charge >= 0.3 is 0 Å². The van der Waals surface area contributed by atoms with Gasteiger partial charge in [0.2, 0.25) is 5.91 Å². The smallest absolute Gasteiger partial charge is 0.220 e. The number of hydrogen-bond donors (Lipinski definition) is 2. The fourth-order valence-electron chi connectivity index (χ4n) is 2.83. The molecule has 2 N–H and O–H groups in total. The van der Waals surface area contributed by atoms with Crippen molar-refractivity contribution in [2.45, 2.75) is 64.6 Å². The molecule has 1 aromatic carbocycles. The molecule has 1 aromatic rings. The number of benzene rings is 1. The number of carbonyl (C=O) groups is 1. The van der Waals surface area contributed by atoms with Crippen LogP contribution in [0, 0.1) is 0 Å². The van der Waals surface area contributed by atoms with Gasteiger partial charge in [-0.15, -0.1) is 0 Å². The molecule has 2 unspecified atom stereocenters. The molecule has 0 saturated carbocycles. The van der Waals surface area contributed by atoms with Crippen molar-refractivity contribution in [2.75, 3.05) is 6.54 Å². The molecule has 1 aliphatic rings. The summed E-state index contributed by atoms with van der Waals surface area (Å²) >= 11 is 0. The Balaban J connectivity index is 1.82. The lowest BCUT2D eigenvalue weighted by Gasteiger charge is -2.17. The summed E-state index contributed by atoms with van der Waals surface area (Å²) in [7, 11) is 0. The quantitative estimate of drug-likeness (QED) is 0.813. The van der Waals surface area contributed by atoms with Gasteiger partial charge in [-0.3, -0.25) is 4.79 Å². The third kappa shape index (κ3) is 5.34. The molecule has 0 aromatic heterocycles. The van der Waals surface area contributed by atoms with E-state index >= 15 is 0 Å². The van der Waals surface area contributed by atoms with Gasteiger partial charge in [-0.25, -0.2) is 0 Å². The van der Waals surface area contributed by atoms with Gasteiger partial charge in [0.15, 0.2) is 0 Å². The van der Waals surface area contributed by atoms with Gasteiger partial charge in [-0.2, -0.15) is 0 Å². The second-order valence-corrected chi connectivity index (χ2v) is 6.36. The number of rotatable bonds is 7. The van der Waals surface area contributed by atoms with Crippen molar-refractivity contribution in [3.8, 4) is 5.75 Å². The average molecular weight is 304 g/mol. The Hall–Kier alpha value is -1.55. The van der Waals surface area contributed by atoms with Crippen molar-refractivity contribution in [1.29, 1.82) is 0 Å². The van der Waals surface area contributed by atoms with Crippen molar-refractivity contribution in [1.82, 2.24) is 10.6 Å². The molecule has 1 saturated heterocycles. The largest absolute Gasteiger partial charge is 0.491 e. The van der Waals surface area contributed by atoms with E-state index in [4.69, 9.17) is 4.74 Å². The van der Waals surface area contributed by atoms with Crippen LogP contribution in [0.4, 0.5) is 0 Å². The maximum Gasteiger partial charge on any atom is 0.220 e. The monoisotopic (exact) mass is 304 g/mol. The van der Waals surface area contributed by atoms with Gasteiger partial charge in [0.1, 0.15) is 5.75 Å². The van der Waals surface area contributed by atoms with Gasteiger partial charge in [0.05, 0.1) is 12.1 Å². The maximum absolute atomic E-state index is 12.1. The molecule has 22 heavy (non-hydrogen) atoms. The highest BCUT2D eigenvalue weighted by Crippen LogP contribution is 2.20. The molecule has 0 radical (unpaired) electrons. The van der Waals surface area contributed by atoms with E-state index in [0.717, 1.165) is 24.3 Å². The van der Waals surface area contributed by atoms with Crippen molar-refractivity contribution in [3.05, 3.63) is 29.8 Å². The molecule has 122 valence electrons. The Morgan fingerprint density at radius 1 is 1.41 bits per heavy atom. The van der Waals surface area contributed by atoms with Crippen LogP contribution in [-0.4, -0.2) is 24.6 Å². The topological polar surface area (TPSA) is 50.4 Å². The Labute approximate surface area is 133 Å². The molecule has 0 spiro atoms. The minimum atomic E-state index is -0.000232. The Morgan fingerprint density at radius 2 is 2.23 bits per heavy atom. The minimum absolute atomic E-state index is 0.000232. The summed E-state index contributed by atoms with van der Waals surface area (Å²) in [4.78, 5) is 12.1. The fourth-order valence-corrected chi connectivity index (χ4v) is 2.83. The zero-order valence-electron chi connectivity index (χ0n) is 13.9. The first-order chi connectivity index (χ1) is 10.5. The van der Waals surface area contributed by atoms with Gasteiger partial charge in [-0.1, -0.05) is 12.1 Å². The van der Waals surface area contributed by atoms with Crippen molar-refractivity contribution in [2.24, 2.45) is 0 Å². The molecular weight excluding hydrogens is 276 g/mol. The van der Waals surface area contributed by atoms with Gasteiger partial charge in [0.25, 0.3) is 0 Å². The highest BCUT2D eigenvalue weighted by Gasteiger charge is 2.16. The highest BCUT2D eigenvalue weighted by atomic mass is 16.5. The standard InChI is InChI=1S/C18H28N2O2/c1-13(2)22-17-8-4-6-15(12-17)14(3)20-18(21)10-9-16-7-5-11-19-16/h4,6,8,12-14,16,19H,5,7,9-11H2,1-3H3,(H,20,21). The predicted molar refractivity (Wildman–Crippen MR) is 89.0 cm³/mol. The maximum atomic E-state index is 12.1. The van der Waals surface area contributed by atoms with Crippen LogP contribution in [0.15, 0.2) is 24.3 Å². The molecule has 1 fully saturated rings. The zero-order chi connectivity index (χ0) is 15.9. The normalized spacial score (nSPS) is 19.2. The van der Waals surface area contributed by atoms with Crippen molar-refractivity contribution >= 4 is 5.91 Å². The molecule has 0 bridgehead atoms. The summed E-state index contributed by atoms with van der Waals surface area (Å²) in [5.74, 6) is 0.972. The van der Waals surface area contributed by atoms with E-state index in [0.29, 0.717) is 12.5 Å². The third-order valence-corrected chi connectivity index (χ3v) is 3.99. The van der Waals surface area contributed by atoms with Gasteiger partial charge in [0, 0.05) is 12.5 Å². The van der Waals surface area contributed by atoms with E-state index < -0.39 is 0 Å². The van der Waals surface area contributed by atoms with Crippen LogP contribution in [0.2, 0.25) is 0 Å². The molecule has 1 aliphatic heterocycles. The van der Waals surface area contributed by atoms with Crippen LogP contribution in [0.25, 0.3) is 0 Å². The first-order valence-corrected chi connectivity index (χ1v) is 8.34. The number of hydrogen-bond acceptors (Lipinski definition) is 3. The summed E-state index contributed by atoms with van der Waals surface area (Å²) in [6.07, 6.45) is 4.08. The average Bonchev–Trinajstić information content (AvgIpc) is 2.98. The number of nitrogens with one attached hydrogen (secondary N) is 2. The summed E-state index contributed by atoms with van der Waals surface area (Å²) in [6, 6.07) is 8.46. The second kappa shape index (κ2) is 8.18. The van der Waals surface area contributed by atoms with Gasteiger partial charge < -0.3 is 15.4 Å². The fraction of sp³-hybridized carbons (Fsp3) is 0.611. The lowest BCUT2D eigenvalue weighted by Crippen LogP contribution is -2.29. The molecule has 1 heterocycles. The molecule has 1 amide bonds. The number of ether oxygens (including phenoxy) is 1. The van der Waals surface area contributed by atoms with Crippen molar-refractivity contribution < 1.29 is 9.53 Å². The molecule has 4 nitrogen and oxygen atoms in total. The van der Waals surface area contributed by atoms with Crippen LogP contribution in [0.1, 0.15) is 58.1 Å². The van der Waals surface area contributed by atoms with Gasteiger partial charge in [-0.05, 0) is 64.3 Å². The van der Waals surface area contributed by atoms with E-state index in [2.05, 4.69) is 10.6 Å². The first-order valence-electron chi connectivity index (χ1n) is 8.34. The van der Waals surface area contributed by atoms with Crippen molar-refractivity contribution in [3.63, 3.8) is 0 Å². The minimum Gasteiger partial charge on any atom is -0.491 e. The molecule has 2 atom stereocenters. The lowest BCUT2D eigenvalue weighted by atomic mass is 10.1. The molecule has 0 aliphatic carbocycles. The van der Waals surface area contributed by atoms with Crippen LogP contribution >= 0.6 is 0 Å². The van der Waals surface area contributed by atoms with E-state index in [1.54, 1.807) is 0 Å². The second-order valence-electron chi connectivity index (χ2n) is 6.36. The Bertz CT molecular complexity index is 482. The summed E-state index contributed by atoms with van der Waals surface area (Å²) in [6.45, 7) is 7.12. The predicted octanol–water partition coefficient (Wildman–Crippen LogP) is 3.18. The van der Waals surface area contributed by atoms with Crippen LogP contribution in [0.3, 0.4) is 0 Å². The van der Waals surface area contributed by atoms with E-state index in [9.17, 15) is 4.79 Å². The SMILES string of the molecule is CC(C)Oc1cccc(C(C)NC(=O)CCC2CCCN2)c1.